The van der Waals surface area contributed by atoms with Crippen LogP contribution in [-0.4, -0.2) is 42.1 Å². The Balaban J connectivity index is 1.14. The first-order valence-corrected chi connectivity index (χ1v) is 13.9. The van der Waals surface area contributed by atoms with Crippen LogP contribution >= 0.6 is 47.0 Å². The normalized spacial score (nSPS) is 13.8. The fourth-order valence-corrected chi connectivity index (χ4v) is 5.34. The number of nitrogens with one attached hydrogen (secondary N) is 2. The molecule has 4 aromatic rings. The molecule has 1 fully saturated rings. The van der Waals surface area contributed by atoms with Crippen molar-refractivity contribution in [3.63, 3.8) is 0 Å². The number of nitrogens with zero attached hydrogens (tertiary/aromatic N) is 2. The predicted octanol–water partition coefficient (Wildman–Crippen LogP) is 7.36. The number of anilines is 2. The molecule has 1 amide bonds. The molecule has 0 bridgehead atoms. The van der Waals surface area contributed by atoms with Gasteiger partial charge in [0.2, 0.25) is 0 Å². The summed E-state index contributed by atoms with van der Waals surface area (Å²) in [5.74, 6) is 0.211. The van der Waals surface area contributed by atoms with E-state index < -0.39 is 5.91 Å². The lowest BCUT2D eigenvalue weighted by atomic mass is 10.2. The highest BCUT2D eigenvalue weighted by atomic mass is 35.5. The molecule has 6 nitrogen and oxygen atoms in total. The molecular weight excluding hydrogens is 575 g/mol. The third-order valence-corrected chi connectivity index (χ3v) is 7.55. The molecule has 0 unspecified atom stereocenters. The van der Waals surface area contributed by atoms with Crippen molar-refractivity contribution in [1.29, 1.82) is 0 Å². The Morgan fingerprint density at radius 2 is 1.67 bits per heavy atom. The Bertz CT molecular complexity index is 1500. The van der Waals surface area contributed by atoms with Crippen molar-refractivity contribution in [2.75, 3.05) is 36.4 Å². The molecule has 2 N–H and O–H groups in total. The Hall–Kier alpha value is -3.07. The molecule has 39 heavy (non-hydrogen) atoms. The van der Waals surface area contributed by atoms with Crippen molar-refractivity contribution >= 4 is 69.4 Å². The smallest absolute Gasteiger partial charge is 0.293 e. The number of carbonyl (C=O) groups is 1. The van der Waals surface area contributed by atoms with E-state index in [2.05, 4.69) is 26.5 Å². The number of piperazine rings is 1. The van der Waals surface area contributed by atoms with Crippen molar-refractivity contribution in [2.45, 2.75) is 6.54 Å². The van der Waals surface area contributed by atoms with Crippen LogP contribution in [-0.2, 0) is 6.54 Å². The summed E-state index contributed by atoms with van der Waals surface area (Å²) in [6.07, 6.45) is 0. The zero-order chi connectivity index (χ0) is 27.4. The lowest BCUT2D eigenvalue weighted by Gasteiger charge is -2.36. The van der Waals surface area contributed by atoms with Crippen molar-refractivity contribution in [1.82, 2.24) is 10.2 Å². The number of carbonyl (C=O) groups excluding carboxylic acids is 1. The van der Waals surface area contributed by atoms with E-state index >= 15 is 0 Å². The average molecular weight is 600 g/mol. The standard InChI is InChI=1S/C29H25Cl3N4O2S/c30-21-6-3-5-19(16-21)26-10-11-27(38-26)28(37)34-29(39)33-22-8-9-25(24(32)17-22)36-14-12-35(13-15-36)18-20-4-1-2-7-23(20)31/h1-11,16-17H,12-15,18H2,(H2,33,34,37,39). The lowest BCUT2D eigenvalue weighted by molar-refractivity contribution is 0.0951. The SMILES string of the molecule is O=C(NC(=S)Nc1ccc(N2CCN(Cc3ccccc3Cl)CC2)c(Cl)c1)c1ccc(-c2cccc(Cl)c2)o1. The molecule has 0 aliphatic carbocycles. The van der Waals surface area contributed by atoms with Crippen molar-refractivity contribution in [3.05, 3.63) is 105 Å². The largest absolute Gasteiger partial charge is 0.451 e. The first-order valence-electron chi connectivity index (χ1n) is 12.3. The van der Waals surface area contributed by atoms with Gasteiger partial charge >= 0.3 is 0 Å². The molecule has 1 aliphatic rings. The molecule has 0 radical (unpaired) electrons. The number of benzene rings is 3. The van der Waals surface area contributed by atoms with E-state index in [9.17, 15) is 4.79 Å². The van der Waals surface area contributed by atoms with Gasteiger partial charge in [0, 0.05) is 54.0 Å². The van der Waals surface area contributed by atoms with Gasteiger partial charge in [0.15, 0.2) is 10.9 Å². The topological polar surface area (TPSA) is 60.8 Å². The number of halogens is 3. The van der Waals surface area contributed by atoms with Crippen LogP contribution in [0.3, 0.4) is 0 Å². The molecule has 10 heteroatoms. The molecule has 3 aromatic carbocycles. The predicted molar refractivity (Wildman–Crippen MR) is 163 cm³/mol. The fraction of sp³-hybridized carbons (Fsp3) is 0.172. The first kappa shape index (κ1) is 27.5. The molecule has 2 heterocycles. The van der Waals surface area contributed by atoms with Crippen LogP contribution in [0.25, 0.3) is 11.3 Å². The van der Waals surface area contributed by atoms with Crippen LogP contribution in [0.15, 0.2) is 83.3 Å². The highest BCUT2D eigenvalue weighted by molar-refractivity contribution is 7.80. The van der Waals surface area contributed by atoms with Gasteiger partial charge in [-0.1, -0.05) is 65.1 Å². The maximum Gasteiger partial charge on any atom is 0.293 e. The Labute approximate surface area is 247 Å². The van der Waals surface area contributed by atoms with Crippen LogP contribution in [0.4, 0.5) is 11.4 Å². The van der Waals surface area contributed by atoms with Crippen LogP contribution in [0.2, 0.25) is 15.1 Å². The van der Waals surface area contributed by atoms with E-state index in [0.717, 1.165) is 54.6 Å². The van der Waals surface area contributed by atoms with Gasteiger partial charge in [-0.2, -0.15) is 0 Å². The fourth-order valence-electron chi connectivity index (χ4n) is 4.44. The minimum atomic E-state index is -0.460. The van der Waals surface area contributed by atoms with E-state index in [0.29, 0.717) is 21.5 Å². The second-order valence-electron chi connectivity index (χ2n) is 9.10. The van der Waals surface area contributed by atoms with Crippen LogP contribution in [0.5, 0.6) is 0 Å². The molecule has 5 rings (SSSR count). The minimum Gasteiger partial charge on any atom is -0.451 e. The number of hydrogen-bond donors (Lipinski definition) is 2. The van der Waals surface area contributed by atoms with E-state index in [1.807, 2.05) is 42.5 Å². The summed E-state index contributed by atoms with van der Waals surface area (Å²) in [6.45, 7) is 4.34. The Kier molecular flexibility index (Phi) is 8.75. The second-order valence-corrected chi connectivity index (χ2v) is 10.8. The molecule has 0 spiro atoms. The third kappa shape index (κ3) is 6.93. The van der Waals surface area contributed by atoms with E-state index in [1.165, 1.54) is 0 Å². The quantitative estimate of drug-likeness (QED) is 0.226. The molecular formula is C29H25Cl3N4O2S. The van der Waals surface area contributed by atoms with Crippen molar-refractivity contribution in [2.24, 2.45) is 0 Å². The maximum atomic E-state index is 12.6. The van der Waals surface area contributed by atoms with Crippen molar-refractivity contribution in [3.8, 4) is 11.3 Å². The summed E-state index contributed by atoms with van der Waals surface area (Å²) in [7, 11) is 0. The monoisotopic (exact) mass is 598 g/mol. The number of thiocarbonyl (C=S) groups is 1. The van der Waals surface area contributed by atoms with Gasteiger partial charge in [0.1, 0.15) is 5.76 Å². The summed E-state index contributed by atoms with van der Waals surface area (Å²) >= 11 is 24.3. The van der Waals surface area contributed by atoms with Gasteiger partial charge in [0.25, 0.3) is 5.91 Å². The van der Waals surface area contributed by atoms with Gasteiger partial charge < -0.3 is 14.6 Å². The summed E-state index contributed by atoms with van der Waals surface area (Å²) < 4.78 is 5.69. The van der Waals surface area contributed by atoms with Gasteiger partial charge in [-0.25, -0.2) is 0 Å². The van der Waals surface area contributed by atoms with Crippen LogP contribution in [0.1, 0.15) is 16.1 Å². The van der Waals surface area contributed by atoms with Gasteiger partial charge in [-0.3, -0.25) is 15.0 Å². The zero-order valence-corrected chi connectivity index (χ0v) is 23.9. The molecule has 1 aliphatic heterocycles. The Morgan fingerprint density at radius 3 is 2.41 bits per heavy atom. The Morgan fingerprint density at radius 1 is 0.872 bits per heavy atom. The zero-order valence-electron chi connectivity index (χ0n) is 20.8. The summed E-state index contributed by atoms with van der Waals surface area (Å²) in [4.78, 5) is 17.3. The summed E-state index contributed by atoms with van der Waals surface area (Å²) in [5.41, 5.74) is 3.54. The highest BCUT2D eigenvalue weighted by Gasteiger charge is 2.20. The van der Waals surface area contributed by atoms with Crippen LogP contribution in [0, 0.1) is 0 Å². The first-order chi connectivity index (χ1) is 18.9. The number of rotatable bonds is 6. The molecule has 0 atom stereocenters. The lowest BCUT2D eigenvalue weighted by Crippen LogP contribution is -2.46. The van der Waals surface area contributed by atoms with Gasteiger partial charge in [-0.15, -0.1) is 0 Å². The van der Waals surface area contributed by atoms with Gasteiger partial charge in [-0.05, 0) is 66.3 Å². The minimum absolute atomic E-state index is 0.135. The highest BCUT2D eigenvalue weighted by Crippen LogP contribution is 2.30. The maximum absolute atomic E-state index is 12.6. The third-order valence-electron chi connectivity index (χ3n) is 6.44. The number of amides is 1. The average Bonchev–Trinajstić information content (AvgIpc) is 3.42. The molecule has 1 saturated heterocycles. The molecule has 0 saturated carbocycles. The number of hydrogen-bond acceptors (Lipinski definition) is 5. The van der Waals surface area contributed by atoms with Crippen molar-refractivity contribution < 1.29 is 9.21 Å². The number of furan rings is 1. The summed E-state index contributed by atoms with van der Waals surface area (Å²) in [6, 6.07) is 24.1. The summed E-state index contributed by atoms with van der Waals surface area (Å²) in [5, 5.41) is 7.78. The second kappa shape index (κ2) is 12.4. The molecule has 1 aromatic heterocycles. The van der Waals surface area contributed by atoms with Gasteiger partial charge in [0.05, 0.1) is 10.7 Å². The van der Waals surface area contributed by atoms with E-state index in [1.54, 1.807) is 30.3 Å². The molecule has 200 valence electrons. The van der Waals surface area contributed by atoms with E-state index in [-0.39, 0.29) is 10.9 Å². The van der Waals surface area contributed by atoms with Crippen LogP contribution < -0.4 is 15.5 Å². The van der Waals surface area contributed by atoms with E-state index in [4.69, 9.17) is 51.4 Å².